The van der Waals surface area contributed by atoms with Crippen LogP contribution in [-0.4, -0.2) is 38.9 Å². The molecule has 0 amide bonds. The lowest BCUT2D eigenvalue weighted by Gasteiger charge is -2.33. The summed E-state index contributed by atoms with van der Waals surface area (Å²) in [5.74, 6) is 1.55. The molecule has 0 bridgehead atoms. The van der Waals surface area contributed by atoms with Gasteiger partial charge in [0, 0.05) is 31.1 Å². The van der Waals surface area contributed by atoms with Crippen molar-refractivity contribution in [2.75, 3.05) is 34.0 Å². The molecule has 1 aliphatic rings. The molecule has 0 aliphatic carbocycles. The van der Waals surface area contributed by atoms with E-state index in [0.29, 0.717) is 19.3 Å². The summed E-state index contributed by atoms with van der Waals surface area (Å²) in [7, 11) is 3.35. The summed E-state index contributed by atoms with van der Waals surface area (Å²) in [4.78, 5) is 4.06. The van der Waals surface area contributed by atoms with Crippen molar-refractivity contribution >= 4 is 11.3 Å². The van der Waals surface area contributed by atoms with Crippen molar-refractivity contribution in [2.24, 2.45) is 0 Å². The molecule has 5 heteroatoms. The molecule has 1 aromatic heterocycles. The van der Waals surface area contributed by atoms with Crippen LogP contribution in [0.3, 0.4) is 0 Å². The van der Waals surface area contributed by atoms with Gasteiger partial charge in [0.2, 0.25) is 0 Å². The lowest BCUT2D eigenvalue weighted by atomic mass is 10.0. The Morgan fingerprint density at radius 1 is 1.17 bits per heavy atom. The van der Waals surface area contributed by atoms with E-state index in [9.17, 15) is 0 Å². The molecule has 1 aromatic carbocycles. The smallest absolute Gasteiger partial charge is 0.161 e. The summed E-state index contributed by atoms with van der Waals surface area (Å²) < 4.78 is 16.2. The van der Waals surface area contributed by atoms with Gasteiger partial charge in [-0.3, -0.25) is 4.90 Å². The molecule has 0 unspecified atom stereocenters. The Bertz CT molecular complexity index is 670. The van der Waals surface area contributed by atoms with Crippen LogP contribution < -0.4 is 9.47 Å². The van der Waals surface area contributed by atoms with E-state index < -0.39 is 0 Å². The fourth-order valence-electron chi connectivity index (χ4n) is 3.18. The molecule has 0 saturated carbocycles. The van der Waals surface area contributed by atoms with Crippen LogP contribution in [0, 0.1) is 0 Å². The van der Waals surface area contributed by atoms with E-state index in [0.717, 1.165) is 31.0 Å². The summed E-state index contributed by atoms with van der Waals surface area (Å²) in [6.45, 7) is 5.41. The van der Waals surface area contributed by atoms with Crippen LogP contribution in [-0.2, 0) is 17.7 Å². The molecule has 24 heavy (non-hydrogen) atoms. The first kappa shape index (κ1) is 17.3. The van der Waals surface area contributed by atoms with E-state index in [1.807, 2.05) is 17.4 Å². The first-order chi connectivity index (χ1) is 11.7. The van der Waals surface area contributed by atoms with Gasteiger partial charge in [0.05, 0.1) is 13.7 Å². The van der Waals surface area contributed by atoms with Crippen LogP contribution in [0.25, 0.3) is 0 Å². The zero-order valence-corrected chi connectivity index (χ0v) is 15.4. The summed E-state index contributed by atoms with van der Waals surface area (Å²) >= 11 is 1.88. The maximum Gasteiger partial charge on any atom is 0.161 e. The van der Waals surface area contributed by atoms with Crippen molar-refractivity contribution in [1.82, 2.24) is 4.90 Å². The van der Waals surface area contributed by atoms with Gasteiger partial charge in [-0.1, -0.05) is 6.07 Å². The Hall–Kier alpha value is -1.56. The van der Waals surface area contributed by atoms with Crippen molar-refractivity contribution in [3.05, 3.63) is 45.6 Å². The topological polar surface area (TPSA) is 30.9 Å². The average molecular weight is 347 g/mol. The second-order valence-corrected chi connectivity index (χ2v) is 7.02. The molecule has 3 rings (SSSR count). The summed E-state index contributed by atoms with van der Waals surface area (Å²) in [5.41, 5.74) is 2.73. The highest BCUT2D eigenvalue weighted by molar-refractivity contribution is 7.10. The number of thiophene rings is 1. The molecule has 130 valence electrons. The van der Waals surface area contributed by atoms with Crippen LogP contribution in [0.4, 0.5) is 0 Å². The number of nitrogens with zero attached hydrogens (tertiary/aromatic N) is 1. The molecule has 0 N–H and O–H groups in total. The normalized spacial score (nSPS) is 17.5. The minimum atomic E-state index is 0.462. The minimum Gasteiger partial charge on any atom is -0.493 e. The molecular formula is C19H25NO3S. The highest BCUT2D eigenvalue weighted by Crippen LogP contribution is 2.35. The van der Waals surface area contributed by atoms with Gasteiger partial charge in [0.1, 0.15) is 6.61 Å². The first-order valence-electron chi connectivity index (χ1n) is 8.32. The fraction of sp³-hybridized carbons (Fsp3) is 0.474. The van der Waals surface area contributed by atoms with Gasteiger partial charge in [-0.2, -0.15) is 0 Å². The monoisotopic (exact) mass is 347 g/mol. The average Bonchev–Trinajstić information content (AvgIpc) is 3.08. The van der Waals surface area contributed by atoms with Gasteiger partial charge in [-0.15, -0.1) is 11.3 Å². The second kappa shape index (κ2) is 8.01. The van der Waals surface area contributed by atoms with Crippen LogP contribution in [0.5, 0.6) is 11.5 Å². The summed E-state index contributed by atoms with van der Waals surface area (Å²) in [6.07, 6.45) is 1.15. The number of rotatable bonds is 7. The molecule has 4 nitrogen and oxygen atoms in total. The standard InChI is InChI=1S/C19H25NO3S/c1-14-16-7-11-24-19(16)6-8-20(14)13-15-4-5-17(18(12-15)22-3)23-10-9-21-2/h4-5,7,11-12,14H,6,8-10,13H2,1-3H3/t14-/m1/s1. The molecule has 1 atom stereocenters. The van der Waals surface area contributed by atoms with E-state index in [4.69, 9.17) is 14.2 Å². The molecule has 2 aromatic rings. The fourth-order valence-corrected chi connectivity index (χ4v) is 4.14. The Morgan fingerprint density at radius 3 is 2.83 bits per heavy atom. The van der Waals surface area contributed by atoms with Crippen molar-refractivity contribution in [2.45, 2.75) is 25.9 Å². The molecule has 2 heterocycles. The van der Waals surface area contributed by atoms with Gasteiger partial charge in [0.25, 0.3) is 0 Å². The van der Waals surface area contributed by atoms with E-state index >= 15 is 0 Å². The summed E-state index contributed by atoms with van der Waals surface area (Å²) in [6, 6.07) is 8.93. The molecule has 0 fully saturated rings. The Morgan fingerprint density at radius 2 is 2.04 bits per heavy atom. The third kappa shape index (κ3) is 3.74. The van der Waals surface area contributed by atoms with Gasteiger partial charge in [-0.25, -0.2) is 0 Å². The SMILES string of the molecule is COCCOc1ccc(CN2CCc3sccc3[C@H]2C)cc1OC. The molecule has 1 aliphatic heterocycles. The number of benzene rings is 1. The third-order valence-electron chi connectivity index (χ3n) is 4.56. The zero-order chi connectivity index (χ0) is 16.9. The van der Waals surface area contributed by atoms with Crippen molar-refractivity contribution in [1.29, 1.82) is 0 Å². The van der Waals surface area contributed by atoms with E-state index in [2.05, 4.69) is 35.4 Å². The number of ether oxygens (including phenoxy) is 3. The molecular weight excluding hydrogens is 322 g/mol. The van der Waals surface area contributed by atoms with Crippen molar-refractivity contribution in [3.63, 3.8) is 0 Å². The Labute approximate surface area is 148 Å². The zero-order valence-electron chi connectivity index (χ0n) is 14.6. The van der Waals surface area contributed by atoms with Crippen LogP contribution in [0.2, 0.25) is 0 Å². The number of fused-ring (bicyclic) bond motifs is 1. The minimum absolute atomic E-state index is 0.462. The number of hydrogen-bond donors (Lipinski definition) is 0. The van der Waals surface area contributed by atoms with Gasteiger partial charge in [-0.05, 0) is 48.1 Å². The Balaban J connectivity index is 1.69. The number of methoxy groups -OCH3 is 2. The van der Waals surface area contributed by atoms with Gasteiger partial charge < -0.3 is 14.2 Å². The van der Waals surface area contributed by atoms with Crippen molar-refractivity contribution < 1.29 is 14.2 Å². The predicted molar refractivity (Wildman–Crippen MR) is 97.2 cm³/mol. The molecule has 0 radical (unpaired) electrons. The van der Waals surface area contributed by atoms with E-state index in [-0.39, 0.29) is 0 Å². The number of hydrogen-bond acceptors (Lipinski definition) is 5. The quantitative estimate of drug-likeness (QED) is 0.711. The maximum absolute atomic E-state index is 5.71. The lowest BCUT2D eigenvalue weighted by molar-refractivity contribution is 0.144. The first-order valence-corrected chi connectivity index (χ1v) is 9.20. The van der Waals surface area contributed by atoms with Crippen LogP contribution in [0.15, 0.2) is 29.6 Å². The lowest BCUT2D eigenvalue weighted by Crippen LogP contribution is -2.32. The van der Waals surface area contributed by atoms with Crippen LogP contribution >= 0.6 is 11.3 Å². The van der Waals surface area contributed by atoms with E-state index in [1.165, 1.54) is 11.1 Å². The van der Waals surface area contributed by atoms with Crippen LogP contribution in [0.1, 0.15) is 29.0 Å². The summed E-state index contributed by atoms with van der Waals surface area (Å²) in [5, 5.41) is 2.21. The molecule has 0 saturated heterocycles. The maximum atomic E-state index is 5.71. The molecule has 0 spiro atoms. The van der Waals surface area contributed by atoms with Crippen molar-refractivity contribution in [3.8, 4) is 11.5 Å². The van der Waals surface area contributed by atoms with Gasteiger partial charge >= 0.3 is 0 Å². The third-order valence-corrected chi connectivity index (χ3v) is 5.56. The highest BCUT2D eigenvalue weighted by Gasteiger charge is 2.24. The van der Waals surface area contributed by atoms with Gasteiger partial charge in [0.15, 0.2) is 11.5 Å². The van der Waals surface area contributed by atoms with E-state index in [1.54, 1.807) is 19.1 Å². The predicted octanol–water partition coefficient (Wildman–Crippen LogP) is 3.90. The largest absolute Gasteiger partial charge is 0.493 e. The second-order valence-electron chi connectivity index (χ2n) is 6.02. The Kier molecular flexibility index (Phi) is 5.76. The highest BCUT2D eigenvalue weighted by atomic mass is 32.1.